The van der Waals surface area contributed by atoms with Crippen molar-refractivity contribution in [3.8, 4) is 11.5 Å². The Morgan fingerprint density at radius 2 is 1.79 bits per heavy atom. The smallest absolute Gasteiger partial charge is 0.261 e. The molecule has 0 spiro atoms. The van der Waals surface area contributed by atoms with Crippen LogP contribution in [0, 0.1) is 5.92 Å². The van der Waals surface area contributed by atoms with E-state index in [1.54, 1.807) is 31.1 Å². The summed E-state index contributed by atoms with van der Waals surface area (Å²) in [6, 6.07) is 18.0. The van der Waals surface area contributed by atoms with Gasteiger partial charge in [0.25, 0.3) is 15.9 Å². The van der Waals surface area contributed by atoms with Gasteiger partial charge < -0.3 is 24.2 Å². The monoisotopic (exact) mass is 701 g/mol. The fourth-order valence-corrected chi connectivity index (χ4v) is 6.87. The molecule has 1 aliphatic heterocycles. The number of aliphatic hydroxyl groups excluding tert-OH is 1. The van der Waals surface area contributed by atoms with Gasteiger partial charge in [0.05, 0.1) is 42.4 Å². The predicted molar refractivity (Wildman–Crippen MR) is 188 cm³/mol. The molecule has 3 aromatic rings. The van der Waals surface area contributed by atoms with E-state index in [2.05, 4.69) is 16.5 Å². The second-order valence-corrected chi connectivity index (χ2v) is 14.7. The van der Waals surface area contributed by atoms with Gasteiger partial charge in [0.1, 0.15) is 11.5 Å². The lowest BCUT2D eigenvalue weighted by Crippen LogP contribution is -2.47. The summed E-state index contributed by atoms with van der Waals surface area (Å²) in [5.74, 6) is 0.688. The van der Waals surface area contributed by atoms with Gasteiger partial charge in [-0.1, -0.05) is 30.7 Å². The number of likely N-dealkylation sites (N-methyl/N-ethyl adjacent to an activating group) is 1. The number of amides is 1. The van der Waals surface area contributed by atoms with Crippen LogP contribution >= 0.6 is 11.6 Å². The van der Waals surface area contributed by atoms with Gasteiger partial charge in [0, 0.05) is 42.9 Å². The summed E-state index contributed by atoms with van der Waals surface area (Å²) in [6.45, 7) is 7.77. The minimum atomic E-state index is -3.96. The van der Waals surface area contributed by atoms with E-state index in [0.29, 0.717) is 37.0 Å². The van der Waals surface area contributed by atoms with Gasteiger partial charge in [-0.3, -0.25) is 14.4 Å². The molecule has 0 aromatic heterocycles. The molecule has 3 aromatic carbocycles. The fraction of sp³-hybridized carbons (Fsp3) is 0.472. The molecule has 2 N–H and O–H groups in total. The topological polar surface area (TPSA) is 118 Å². The number of nitrogens with zero attached hydrogens (tertiary/aromatic N) is 2. The maximum Gasteiger partial charge on any atom is 0.261 e. The molecule has 12 heteroatoms. The summed E-state index contributed by atoms with van der Waals surface area (Å²) in [5.41, 5.74) is 1.56. The van der Waals surface area contributed by atoms with Crippen LogP contribution in [0.4, 0.5) is 5.69 Å². The van der Waals surface area contributed by atoms with Gasteiger partial charge in [0.15, 0.2) is 0 Å². The van der Waals surface area contributed by atoms with Crippen LogP contribution in [-0.4, -0.2) is 87.9 Å². The van der Waals surface area contributed by atoms with Crippen LogP contribution in [0.5, 0.6) is 11.5 Å². The quantitative estimate of drug-likeness (QED) is 0.262. The second kappa shape index (κ2) is 17.3. The Morgan fingerprint density at radius 3 is 2.46 bits per heavy atom. The molecule has 1 amide bonds. The van der Waals surface area contributed by atoms with Crippen LogP contribution in [0.2, 0.25) is 5.02 Å². The molecule has 1 aliphatic rings. The average molecular weight is 702 g/mol. The highest BCUT2D eigenvalue weighted by Gasteiger charge is 2.30. The van der Waals surface area contributed by atoms with Crippen molar-refractivity contribution in [2.75, 3.05) is 45.2 Å². The first-order valence-electron chi connectivity index (χ1n) is 16.3. The standard InChI is InChI=1S/C36H48ClN3O7S/c1-25-21-40(26(2)24-41)36(42)33-20-30(38-48(43,44)32-16-11-29(37)12-17-32)13-18-34(33)47-27(3)8-6-7-19-46-35(25)23-39(4)22-28-9-14-31(45-5)15-10-28/h9-18,20,25-27,35,38,41H,6-8,19,21-24H2,1-5H3/t25-,26+,27-,35-/m0/s1. The van der Waals surface area contributed by atoms with E-state index < -0.39 is 16.1 Å². The van der Waals surface area contributed by atoms with Gasteiger partial charge in [-0.05, 0) is 100 Å². The lowest BCUT2D eigenvalue weighted by molar-refractivity contribution is -0.0177. The summed E-state index contributed by atoms with van der Waals surface area (Å²) in [7, 11) is -0.268. The maximum atomic E-state index is 14.4. The van der Waals surface area contributed by atoms with Crippen LogP contribution in [0.1, 0.15) is 56.0 Å². The largest absolute Gasteiger partial charge is 0.497 e. The van der Waals surface area contributed by atoms with Crippen LogP contribution < -0.4 is 14.2 Å². The summed E-state index contributed by atoms with van der Waals surface area (Å²) in [4.78, 5) is 18.3. The summed E-state index contributed by atoms with van der Waals surface area (Å²) in [6.07, 6.45) is 2.08. The molecule has 1 heterocycles. The Bertz CT molecular complexity index is 1590. The van der Waals surface area contributed by atoms with Crippen molar-refractivity contribution in [2.45, 2.75) is 69.7 Å². The number of fused-ring (bicyclic) bond motifs is 1. The zero-order valence-electron chi connectivity index (χ0n) is 28.4. The Morgan fingerprint density at radius 1 is 1.08 bits per heavy atom. The highest BCUT2D eigenvalue weighted by molar-refractivity contribution is 7.92. The number of benzene rings is 3. The van der Waals surface area contributed by atoms with Crippen molar-refractivity contribution >= 4 is 33.2 Å². The number of nitrogens with one attached hydrogen (secondary N) is 1. The molecule has 0 fully saturated rings. The number of methoxy groups -OCH3 is 1. The first-order chi connectivity index (χ1) is 22.9. The van der Waals surface area contributed by atoms with E-state index in [4.69, 9.17) is 25.8 Å². The van der Waals surface area contributed by atoms with E-state index in [9.17, 15) is 18.3 Å². The molecule has 4 atom stereocenters. The number of halogens is 1. The van der Waals surface area contributed by atoms with Crippen LogP contribution in [0.3, 0.4) is 0 Å². The van der Waals surface area contributed by atoms with Crippen LogP contribution in [0.25, 0.3) is 0 Å². The highest BCUT2D eigenvalue weighted by atomic mass is 35.5. The van der Waals surface area contributed by atoms with Crippen molar-refractivity contribution < 1.29 is 32.5 Å². The Labute approximate surface area is 290 Å². The van der Waals surface area contributed by atoms with Gasteiger partial charge in [-0.2, -0.15) is 0 Å². The molecule has 10 nitrogen and oxygen atoms in total. The number of carbonyl (C=O) groups is 1. The number of carbonyl (C=O) groups excluding carboxylic acids is 1. The van der Waals surface area contributed by atoms with Crippen molar-refractivity contribution in [3.05, 3.63) is 82.9 Å². The molecule has 4 rings (SSSR count). The van der Waals surface area contributed by atoms with Gasteiger partial charge in [-0.15, -0.1) is 0 Å². The SMILES string of the molecule is COc1ccc(CN(C)C[C@@H]2OCCCC[C@H](C)Oc3ccc(NS(=O)(=O)c4ccc(Cl)cc4)cc3C(=O)N([C@H](C)CO)C[C@@H]2C)cc1. The molecule has 0 saturated heterocycles. The number of aliphatic hydroxyl groups is 1. The van der Waals surface area contributed by atoms with E-state index in [1.807, 2.05) is 38.2 Å². The molecule has 0 unspecified atom stereocenters. The highest BCUT2D eigenvalue weighted by Crippen LogP contribution is 2.30. The third kappa shape index (κ3) is 10.3. The predicted octanol–water partition coefficient (Wildman–Crippen LogP) is 6.08. The minimum Gasteiger partial charge on any atom is -0.497 e. The first-order valence-corrected chi connectivity index (χ1v) is 18.2. The number of ether oxygens (including phenoxy) is 3. The molecule has 262 valence electrons. The summed E-state index contributed by atoms with van der Waals surface area (Å²) < 4.78 is 47.0. The average Bonchev–Trinajstić information content (AvgIpc) is 3.06. The molecule has 0 saturated carbocycles. The third-order valence-electron chi connectivity index (χ3n) is 8.53. The zero-order valence-corrected chi connectivity index (χ0v) is 30.0. The molecular weight excluding hydrogens is 654 g/mol. The first kappa shape index (κ1) is 37.5. The van der Waals surface area contributed by atoms with E-state index in [0.717, 1.165) is 30.6 Å². The molecule has 0 aliphatic carbocycles. The Kier molecular flexibility index (Phi) is 13.5. The molecular formula is C36H48ClN3O7S. The van der Waals surface area contributed by atoms with Crippen molar-refractivity contribution in [2.24, 2.45) is 5.92 Å². The van der Waals surface area contributed by atoms with Gasteiger partial charge in [-0.25, -0.2) is 8.42 Å². The third-order valence-corrected chi connectivity index (χ3v) is 10.2. The number of sulfonamides is 1. The van der Waals surface area contributed by atoms with Gasteiger partial charge >= 0.3 is 0 Å². The molecule has 48 heavy (non-hydrogen) atoms. The maximum absolute atomic E-state index is 14.4. The minimum absolute atomic E-state index is 0.0375. The molecule has 0 bridgehead atoms. The van der Waals surface area contributed by atoms with Crippen LogP contribution in [0.15, 0.2) is 71.6 Å². The summed E-state index contributed by atoms with van der Waals surface area (Å²) >= 11 is 5.96. The van der Waals surface area contributed by atoms with Crippen molar-refractivity contribution in [3.63, 3.8) is 0 Å². The van der Waals surface area contributed by atoms with Crippen molar-refractivity contribution in [1.82, 2.24) is 9.80 Å². The lowest BCUT2D eigenvalue weighted by Gasteiger charge is -2.36. The van der Waals surface area contributed by atoms with E-state index in [1.165, 1.54) is 30.3 Å². The number of hydrogen-bond donors (Lipinski definition) is 2. The van der Waals surface area contributed by atoms with Crippen LogP contribution in [-0.2, 0) is 21.3 Å². The Balaban J connectivity index is 1.62. The second-order valence-electron chi connectivity index (χ2n) is 12.6. The Hall–Kier alpha value is -3.35. The van der Waals surface area contributed by atoms with Gasteiger partial charge in [0.2, 0.25) is 0 Å². The van der Waals surface area contributed by atoms with Crippen molar-refractivity contribution in [1.29, 1.82) is 0 Å². The number of rotatable bonds is 10. The van der Waals surface area contributed by atoms with E-state index in [-0.39, 0.29) is 46.8 Å². The fourth-order valence-electron chi connectivity index (χ4n) is 5.69. The normalized spacial score (nSPS) is 20.4. The number of anilines is 1. The van der Waals surface area contributed by atoms with E-state index >= 15 is 0 Å². The number of hydrogen-bond acceptors (Lipinski definition) is 8. The summed E-state index contributed by atoms with van der Waals surface area (Å²) in [5, 5.41) is 10.7. The molecule has 0 radical (unpaired) electrons. The zero-order chi connectivity index (χ0) is 34.8. The lowest BCUT2D eigenvalue weighted by atomic mass is 10.0.